The number of carbonyl (C=O) groups excluding carboxylic acids is 1. The van der Waals surface area contributed by atoms with Crippen molar-refractivity contribution in [3.63, 3.8) is 0 Å². The zero-order chi connectivity index (χ0) is 19.4. The van der Waals surface area contributed by atoms with Crippen molar-refractivity contribution in [3.8, 4) is 0 Å². The molecule has 0 radical (unpaired) electrons. The highest BCUT2D eigenvalue weighted by atomic mass is 32.2. The monoisotopic (exact) mass is 401 g/mol. The molecule has 1 aromatic heterocycles. The van der Waals surface area contributed by atoms with Gasteiger partial charge in [-0.15, -0.1) is 11.3 Å². The Kier molecular flexibility index (Phi) is 5.69. The molecule has 3 rings (SSSR count). The highest BCUT2D eigenvalue weighted by Gasteiger charge is 2.15. The molecule has 140 valence electrons. The van der Waals surface area contributed by atoms with Crippen LogP contribution in [-0.2, 0) is 23.0 Å². The number of nitrogens with two attached hydrogens (primary N) is 1. The number of amides is 1. The van der Waals surface area contributed by atoms with E-state index in [0.717, 1.165) is 16.1 Å². The van der Waals surface area contributed by atoms with Crippen molar-refractivity contribution in [2.45, 2.75) is 24.8 Å². The van der Waals surface area contributed by atoms with Gasteiger partial charge in [0.15, 0.2) is 0 Å². The zero-order valence-corrected chi connectivity index (χ0v) is 16.3. The number of thiazole rings is 1. The molecule has 0 bridgehead atoms. The van der Waals surface area contributed by atoms with Crippen LogP contribution in [0.2, 0.25) is 0 Å². The van der Waals surface area contributed by atoms with Crippen molar-refractivity contribution in [2.24, 2.45) is 5.14 Å². The maximum Gasteiger partial charge on any atom is 0.263 e. The summed E-state index contributed by atoms with van der Waals surface area (Å²) in [5.41, 5.74) is 2.63. The summed E-state index contributed by atoms with van der Waals surface area (Å²) in [7, 11) is -3.72. The fraction of sp³-hybridized carbons (Fsp3) is 0.158. The maximum absolute atomic E-state index is 12.5. The van der Waals surface area contributed by atoms with Gasteiger partial charge in [0.25, 0.3) is 5.91 Å². The number of aryl methyl sites for hydroxylation is 1. The Hall–Kier alpha value is -2.55. The average Bonchev–Trinajstić information content (AvgIpc) is 3.00. The number of benzene rings is 2. The predicted octanol–water partition coefficient (Wildman–Crippen LogP) is 2.62. The van der Waals surface area contributed by atoms with Crippen LogP contribution in [0.4, 0.5) is 0 Å². The third-order valence-corrected chi connectivity index (χ3v) is 6.04. The molecule has 2 aromatic carbocycles. The second-order valence-electron chi connectivity index (χ2n) is 6.06. The van der Waals surface area contributed by atoms with Crippen molar-refractivity contribution >= 4 is 27.3 Å². The van der Waals surface area contributed by atoms with Gasteiger partial charge in [-0.2, -0.15) is 0 Å². The summed E-state index contributed by atoms with van der Waals surface area (Å²) in [4.78, 5) is 17.6. The number of nitrogens with one attached hydrogen (secondary N) is 1. The minimum Gasteiger partial charge on any atom is -0.347 e. The highest BCUT2D eigenvalue weighted by molar-refractivity contribution is 7.89. The number of nitrogens with zero attached hydrogens (tertiary/aromatic N) is 1. The first-order valence-corrected chi connectivity index (χ1v) is 10.6. The summed E-state index contributed by atoms with van der Waals surface area (Å²) in [6.07, 6.45) is 0.689. The lowest BCUT2D eigenvalue weighted by Crippen LogP contribution is -2.22. The lowest BCUT2D eigenvalue weighted by Gasteiger charge is -2.05. The second kappa shape index (κ2) is 7.99. The minimum absolute atomic E-state index is 0.0430. The Bertz CT molecular complexity index is 1040. The first-order valence-electron chi connectivity index (χ1n) is 8.23. The molecule has 0 spiro atoms. The van der Waals surface area contributed by atoms with Gasteiger partial charge in [-0.3, -0.25) is 4.79 Å². The number of carbonyl (C=O) groups is 1. The van der Waals surface area contributed by atoms with Crippen LogP contribution in [0.25, 0.3) is 0 Å². The van der Waals surface area contributed by atoms with Crippen molar-refractivity contribution in [3.05, 3.63) is 81.3 Å². The van der Waals surface area contributed by atoms with Crippen molar-refractivity contribution < 1.29 is 13.2 Å². The van der Waals surface area contributed by atoms with Crippen molar-refractivity contribution in [1.82, 2.24) is 10.3 Å². The third kappa shape index (κ3) is 5.00. The molecule has 3 aromatic rings. The van der Waals surface area contributed by atoms with E-state index in [2.05, 4.69) is 10.3 Å². The summed E-state index contributed by atoms with van der Waals surface area (Å²) in [5.74, 6) is -0.195. The van der Waals surface area contributed by atoms with E-state index in [9.17, 15) is 13.2 Å². The van der Waals surface area contributed by atoms with Gasteiger partial charge in [-0.05, 0) is 30.2 Å². The molecule has 0 aliphatic heterocycles. The summed E-state index contributed by atoms with van der Waals surface area (Å²) >= 11 is 1.38. The van der Waals surface area contributed by atoms with E-state index in [0.29, 0.717) is 17.0 Å². The van der Waals surface area contributed by atoms with Crippen LogP contribution in [0.5, 0.6) is 0 Å². The largest absolute Gasteiger partial charge is 0.347 e. The fourth-order valence-corrected chi connectivity index (χ4v) is 4.10. The van der Waals surface area contributed by atoms with E-state index >= 15 is 0 Å². The Morgan fingerprint density at radius 2 is 1.74 bits per heavy atom. The summed E-state index contributed by atoms with van der Waals surface area (Å²) in [6.45, 7) is 2.11. The normalized spacial score (nSPS) is 11.3. The van der Waals surface area contributed by atoms with Crippen LogP contribution in [-0.4, -0.2) is 19.3 Å². The van der Waals surface area contributed by atoms with E-state index in [1.165, 1.54) is 23.5 Å². The lowest BCUT2D eigenvalue weighted by atomic mass is 10.2. The van der Waals surface area contributed by atoms with Gasteiger partial charge in [0.05, 0.1) is 15.6 Å². The van der Waals surface area contributed by atoms with Gasteiger partial charge in [-0.1, -0.05) is 42.5 Å². The Labute approximate surface area is 162 Å². The summed E-state index contributed by atoms with van der Waals surface area (Å²) in [6, 6.07) is 16.1. The number of primary sulfonamides is 1. The molecule has 0 atom stereocenters. The van der Waals surface area contributed by atoms with Crippen LogP contribution in [0.1, 0.15) is 31.5 Å². The zero-order valence-electron chi connectivity index (χ0n) is 14.7. The highest BCUT2D eigenvalue weighted by Crippen LogP contribution is 2.21. The van der Waals surface area contributed by atoms with E-state index in [1.54, 1.807) is 12.1 Å². The molecule has 6 nitrogen and oxygen atoms in total. The molecule has 0 fully saturated rings. The SMILES string of the molecule is Cc1nc(Cc2ccccc2)sc1C(=O)NCc1ccc(S(N)(=O)=O)cc1. The number of sulfonamides is 1. The van der Waals surface area contributed by atoms with Crippen LogP contribution in [0.15, 0.2) is 59.5 Å². The molecule has 8 heteroatoms. The Balaban J connectivity index is 1.64. The fourth-order valence-electron chi connectivity index (χ4n) is 2.57. The maximum atomic E-state index is 12.5. The minimum atomic E-state index is -3.72. The van der Waals surface area contributed by atoms with Gasteiger partial charge in [-0.25, -0.2) is 18.5 Å². The van der Waals surface area contributed by atoms with Crippen LogP contribution >= 0.6 is 11.3 Å². The molecule has 0 saturated carbocycles. The summed E-state index contributed by atoms with van der Waals surface area (Å²) in [5, 5.41) is 8.81. The smallest absolute Gasteiger partial charge is 0.263 e. The second-order valence-corrected chi connectivity index (χ2v) is 8.70. The lowest BCUT2D eigenvalue weighted by molar-refractivity contribution is 0.0954. The molecule has 0 unspecified atom stereocenters. The number of hydrogen-bond donors (Lipinski definition) is 2. The average molecular weight is 402 g/mol. The topological polar surface area (TPSA) is 102 Å². The van der Waals surface area contributed by atoms with E-state index < -0.39 is 10.0 Å². The van der Waals surface area contributed by atoms with Gasteiger partial charge in [0.2, 0.25) is 10.0 Å². The van der Waals surface area contributed by atoms with E-state index in [4.69, 9.17) is 5.14 Å². The van der Waals surface area contributed by atoms with E-state index in [1.807, 2.05) is 37.3 Å². The van der Waals surface area contributed by atoms with Gasteiger partial charge in [0, 0.05) is 13.0 Å². The first kappa shape index (κ1) is 19.2. The van der Waals surface area contributed by atoms with Crippen LogP contribution in [0.3, 0.4) is 0 Å². The molecule has 0 aliphatic rings. The van der Waals surface area contributed by atoms with Gasteiger partial charge < -0.3 is 5.32 Å². The van der Waals surface area contributed by atoms with Crippen LogP contribution < -0.4 is 10.5 Å². The van der Waals surface area contributed by atoms with Gasteiger partial charge >= 0.3 is 0 Å². The quantitative estimate of drug-likeness (QED) is 0.663. The third-order valence-electron chi connectivity index (χ3n) is 3.95. The summed E-state index contributed by atoms with van der Waals surface area (Å²) < 4.78 is 22.5. The molecule has 0 saturated heterocycles. The van der Waals surface area contributed by atoms with E-state index in [-0.39, 0.29) is 17.3 Å². The molecular formula is C19H19N3O3S2. The predicted molar refractivity (Wildman–Crippen MR) is 105 cm³/mol. The number of aromatic nitrogens is 1. The molecule has 1 heterocycles. The standard InChI is InChI=1S/C19H19N3O3S2/c1-13-18(26-17(22-13)11-14-5-3-2-4-6-14)19(23)21-12-15-7-9-16(10-8-15)27(20,24)25/h2-10H,11-12H2,1H3,(H,21,23)(H2,20,24,25). The molecule has 3 N–H and O–H groups in total. The molecule has 1 amide bonds. The number of rotatable bonds is 6. The molecule has 27 heavy (non-hydrogen) atoms. The van der Waals surface area contributed by atoms with Crippen molar-refractivity contribution in [2.75, 3.05) is 0 Å². The Morgan fingerprint density at radius 1 is 1.07 bits per heavy atom. The first-order chi connectivity index (χ1) is 12.8. The molecule has 0 aliphatic carbocycles. The molecular weight excluding hydrogens is 382 g/mol. The van der Waals surface area contributed by atoms with Gasteiger partial charge in [0.1, 0.15) is 4.88 Å². The Morgan fingerprint density at radius 3 is 2.37 bits per heavy atom. The van der Waals surface area contributed by atoms with Crippen LogP contribution in [0, 0.1) is 6.92 Å². The number of hydrogen-bond acceptors (Lipinski definition) is 5. The van der Waals surface area contributed by atoms with Crippen molar-refractivity contribution in [1.29, 1.82) is 0 Å².